The summed E-state index contributed by atoms with van der Waals surface area (Å²) in [5.74, 6) is -0.378. The number of hydrogen-bond donors (Lipinski definition) is 1. The lowest BCUT2D eigenvalue weighted by Gasteiger charge is -2.01. The first kappa shape index (κ1) is 13.2. The Kier molecular flexibility index (Phi) is 4.67. The molecule has 0 fully saturated rings. The molecule has 0 aliphatic carbocycles. The highest BCUT2D eigenvalue weighted by molar-refractivity contribution is 6.06. The lowest BCUT2D eigenvalue weighted by molar-refractivity contribution is 0.100. The summed E-state index contributed by atoms with van der Waals surface area (Å²) in [5.41, 5.74) is 5.82. The molecule has 0 aliphatic heterocycles. The topological polar surface area (TPSA) is 46.3 Å². The molecule has 2 aromatic carbocycles. The molecule has 0 aromatic heterocycles. The van der Waals surface area contributed by atoms with Gasteiger partial charge in [-0.2, -0.15) is 0 Å². The lowest BCUT2D eigenvalue weighted by Crippen LogP contribution is -2.11. The van der Waals surface area contributed by atoms with E-state index in [9.17, 15) is 4.79 Å². The van der Waals surface area contributed by atoms with Crippen molar-refractivity contribution in [2.45, 2.75) is 0 Å². The molecule has 0 saturated carbocycles. The second-order valence-electron chi connectivity index (χ2n) is 4.23. The van der Waals surface area contributed by atoms with E-state index < -0.39 is 0 Å². The number of carbonyl (C=O) groups is 1. The molecule has 0 saturated heterocycles. The Morgan fingerprint density at radius 2 is 1.53 bits per heavy atom. The molecule has 0 aliphatic rings. The van der Waals surface area contributed by atoms with Crippen molar-refractivity contribution in [3.8, 4) is 0 Å². The van der Waals surface area contributed by atoms with Crippen LogP contribution in [-0.4, -0.2) is 32.0 Å². The molecule has 3 heteroatoms. The summed E-state index contributed by atoms with van der Waals surface area (Å²) in [7, 11) is 6.00. The molecule has 2 N–H and O–H groups in total. The zero-order valence-electron chi connectivity index (χ0n) is 10.5. The Hall–Kier alpha value is -1.87. The number of amides is 1. The van der Waals surface area contributed by atoms with Crippen molar-refractivity contribution in [1.29, 1.82) is 0 Å². The quantitative estimate of drug-likeness (QED) is 0.815. The first-order valence-corrected chi connectivity index (χ1v) is 5.41. The molecule has 0 radical (unpaired) electrons. The molecule has 1 amide bonds. The molecule has 0 atom stereocenters. The van der Waals surface area contributed by atoms with Gasteiger partial charge in [0, 0.05) is 5.56 Å². The minimum Gasteiger partial charge on any atom is -0.366 e. The molecule has 2 aromatic rings. The first-order valence-electron chi connectivity index (χ1n) is 5.41. The van der Waals surface area contributed by atoms with Gasteiger partial charge in [-0.15, -0.1) is 0 Å². The van der Waals surface area contributed by atoms with Crippen LogP contribution in [0.3, 0.4) is 0 Å². The maximum absolute atomic E-state index is 11.0. The molecular formula is C14H18N2O. The molecule has 2 rings (SSSR count). The summed E-state index contributed by atoms with van der Waals surface area (Å²) in [6.45, 7) is 0. The van der Waals surface area contributed by atoms with Crippen LogP contribution < -0.4 is 5.73 Å². The van der Waals surface area contributed by atoms with E-state index in [0.717, 1.165) is 10.8 Å². The van der Waals surface area contributed by atoms with Crippen LogP contribution in [0.5, 0.6) is 0 Å². The fourth-order valence-corrected chi connectivity index (χ4v) is 1.44. The van der Waals surface area contributed by atoms with E-state index in [2.05, 4.69) is 0 Å². The van der Waals surface area contributed by atoms with Gasteiger partial charge in [0.25, 0.3) is 0 Å². The van der Waals surface area contributed by atoms with E-state index in [-0.39, 0.29) is 5.91 Å². The van der Waals surface area contributed by atoms with Crippen molar-refractivity contribution in [3.05, 3.63) is 48.0 Å². The van der Waals surface area contributed by atoms with Crippen LogP contribution in [0.2, 0.25) is 0 Å². The summed E-state index contributed by atoms with van der Waals surface area (Å²) in [5, 5.41) is 1.95. The number of benzene rings is 2. The van der Waals surface area contributed by atoms with Crippen molar-refractivity contribution in [1.82, 2.24) is 4.90 Å². The van der Waals surface area contributed by atoms with Gasteiger partial charge in [-0.1, -0.05) is 36.4 Å². The third-order valence-corrected chi connectivity index (χ3v) is 2.06. The van der Waals surface area contributed by atoms with Gasteiger partial charge >= 0.3 is 0 Å². The third kappa shape index (κ3) is 3.89. The van der Waals surface area contributed by atoms with Crippen LogP contribution in [0.4, 0.5) is 0 Å². The smallest absolute Gasteiger partial charge is 0.249 e. The minimum absolute atomic E-state index is 0.378. The monoisotopic (exact) mass is 230 g/mol. The number of nitrogens with zero attached hydrogens (tertiary/aromatic N) is 1. The second kappa shape index (κ2) is 6.01. The van der Waals surface area contributed by atoms with Gasteiger partial charge < -0.3 is 10.6 Å². The molecule has 17 heavy (non-hydrogen) atoms. The Morgan fingerprint density at radius 1 is 1.00 bits per heavy atom. The minimum atomic E-state index is -0.378. The maximum atomic E-state index is 11.0. The van der Waals surface area contributed by atoms with E-state index in [1.807, 2.05) is 62.4 Å². The van der Waals surface area contributed by atoms with Crippen LogP contribution >= 0.6 is 0 Å². The Bertz CT molecular complexity index is 498. The highest BCUT2D eigenvalue weighted by Crippen LogP contribution is 2.17. The summed E-state index contributed by atoms with van der Waals surface area (Å²) in [6, 6.07) is 13.2. The lowest BCUT2D eigenvalue weighted by atomic mass is 10.0. The largest absolute Gasteiger partial charge is 0.366 e. The summed E-state index contributed by atoms with van der Waals surface area (Å²) >= 11 is 0. The van der Waals surface area contributed by atoms with E-state index in [4.69, 9.17) is 5.73 Å². The predicted octanol–water partition coefficient (Wildman–Crippen LogP) is 2.12. The molecule has 0 unspecified atom stereocenters. The highest BCUT2D eigenvalue weighted by Gasteiger charge is 2.03. The fraction of sp³-hybridized carbons (Fsp3) is 0.214. The van der Waals surface area contributed by atoms with Crippen LogP contribution in [0.25, 0.3) is 10.8 Å². The average Bonchev–Trinajstić information content (AvgIpc) is 2.27. The predicted molar refractivity (Wildman–Crippen MR) is 72.1 cm³/mol. The zero-order chi connectivity index (χ0) is 12.8. The fourth-order valence-electron chi connectivity index (χ4n) is 1.44. The molecule has 0 heterocycles. The van der Waals surface area contributed by atoms with Crippen molar-refractivity contribution in [2.75, 3.05) is 21.1 Å². The number of nitrogens with two attached hydrogens (primary N) is 1. The van der Waals surface area contributed by atoms with Crippen LogP contribution in [0, 0.1) is 0 Å². The average molecular weight is 230 g/mol. The number of rotatable bonds is 1. The highest BCUT2D eigenvalue weighted by atomic mass is 16.1. The van der Waals surface area contributed by atoms with E-state index >= 15 is 0 Å². The SMILES string of the molecule is CN(C)C.NC(=O)c1cccc2ccccc12. The van der Waals surface area contributed by atoms with Crippen LogP contribution in [-0.2, 0) is 0 Å². The van der Waals surface area contributed by atoms with Gasteiger partial charge in [-0.3, -0.25) is 4.79 Å². The number of carbonyl (C=O) groups excluding carboxylic acids is 1. The summed E-state index contributed by atoms with van der Waals surface area (Å²) in [4.78, 5) is 13.0. The third-order valence-electron chi connectivity index (χ3n) is 2.06. The number of hydrogen-bond acceptors (Lipinski definition) is 2. The van der Waals surface area contributed by atoms with Crippen LogP contribution in [0.15, 0.2) is 42.5 Å². The Morgan fingerprint density at radius 3 is 2.12 bits per heavy atom. The first-order chi connectivity index (χ1) is 8.02. The molecular weight excluding hydrogens is 212 g/mol. The van der Waals surface area contributed by atoms with Gasteiger partial charge in [-0.05, 0) is 38.0 Å². The summed E-state index contributed by atoms with van der Waals surface area (Å²) < 4.78 is 0. The van der Waals surface area contributed by atoms with E-state index in [1.165, 1.54) is 0 Å². The molecule has 90 valence electrons. The molecule has 3 nitrogen and oxygen atoms in total. The Labute approximate surface area is 102 Å². The van der Waals surface area contributed by atoms with Gasteiger partial charge in [-0.25, -0.2) is 0 Å². The Balaban J connectivity index is 0.000000317. The van der Waals surface area contributed by atoms with Crippen molar-refractivity contribution >= 4 is 16.7 Å². The van der Waals surface area contributed by atoms with E-state index in [1.54, 1.807) is 6.07 Å². The van der Waals surface area contributed by atoms with Crippen molar-refractivity contribution < 1.29 is 4.79 Å². The second-order valence-corrected chi connectivity index (χ2v) is 4.23. The normalized spacial score (nSPS) is 9.88. The number of fused-ring (bicyclic) bond motifs is 1. The molecule has 0 spiro atoms. The van der Waals surface area contributed by atoms with Crippen LogP contribution in [0.1, 0.15) is 10.4 Å². The maximum Gasteiger partial charge on any atom is 0.249 e. The van der Waals surface area contributed by atoms with Gasteiger partial charge in [0.05, 0.1) is 0 Å². The summed E-state index contributed by atoms with van der Waals surface area (Å²) in [6.07, 6.45) is 0. The van der Waals surface area contributed by atoms with Gasteiger partial charge in [0.15, 0.2) is 0 Å². The van der Waals surface area contributed by atoms with Crippen molar-refractivity contribution in [3.63, 3.8) is 0 Å². The van der Waals surface area contributed by atoms with Gasteiger partial charge in [0.2, 0.25) is 5.91 Å². The molecule has 0 bridgehead atoms. The van der Waals surface area contributed by atoms with Gasteiger partial charge in [0.1, 0.15) is 0 Å². The zero-order valence-corrected chi connectivity index (χ0v) is 10.5. The van der Waals surface area contributed by atoms with E-state index in [0.29, 0.717) is 5.56 Å². The number of primary amides is 1. The van der Waals surface area contributed by atoms with Crippen molar-refractivity contribution in [2.24, 2.45) is 5.73 Å². The standard InChI is InChI=1S/C11H9NO.C3H9N/c12-11(13)10-7-3-5-8-4-1-2-6-9(8)10;1-4(2)3/h1-7H,(H2,12,13);1-3H3.